The van der Waals surface area contributed by atoms with Crippen LogP contribution in [0, 0.1) is 0 Å². The SMILES string of the molecule is Oc1cccc2[nH]c3c(c12)CNC3. The van der Waals surface area contributed by atoms with Crippen LogP contribution in [0.25, 0.3) is 10.9 Å². The summed E-state index contributed by atoms with van der Waals surface area (Å²) in [4.78, 5) is 3.29. The van der Waals surface area contributed by atoms with Gasteiger partial charge in [0.25, 0.3) is 0 Å². The number of aromatic amines is 1. The van der Waals surface area contributed by atoms with Gasteiger partial charge in [0.1, 0.15) is 5.75 Å². The Kier molecular flexibility index (Phi) is 1.21. The number of aromatic hydroxyl groups is 1. The fraction of sp³-hybridized carbons (Fsp3) is 0.200. The van der Waals surface area contributed by atoms with Crippen LogP contribution in [-0.4, -0.2) is 10.1 Å². The van der Waals surface area contributed by atoms with Crippen molar-refractivity contribution in [2.45, 2.75) is 13.1 Å². The number of aromatic nitrogens is 1. The van der Waals surface area contributed by atoms with Crippen LogP contribution in [0.5, 0.6) is 5.75 Å². The molecule has 0 fully saturated rings. The molecule has 0 amide bonds. The predicted octanol–water partition coefficient (Wildman–Crippen LogP) is 1.48. The smallest absolute Gasteiger partial charge is 0.125 e. The van der Waals surface area contributed by atoms with E-state index in [0.717, 1.165) is 24.0 Å². The summed E-state index contributed by atoms with van der Waals surface area (Å²) in [5, 5.41) is 13.9. The number of phenols is 1. The van der Waals surface area contributed by atoms with Crippen LogP contribution in [0.1, 0.15) is 11.3 Å². The number of nitrogens with one attached hydrogen (secondary N) is 2. The molecular weight excluding hydrogens is 164 g/mol. The largest absolute Gasteiger partial charge is 0.507 e. The maximum Gasteiger partial charge on any atom is 0.125 e. The molecule has 0 bridgehead atoms. The number of phenolic OH excluding ortho intramolecular Hbond substituents is 1. The number of hydrogen-bond acceptors (Lipinski definition) is 2. The topological polar surface area (TPSA) is 48.0 Å². The number of benzene rings is 1. The monoisotopic (exact) mass is 174 g/mol. The quantitative estimate of drug-likeness (QED) is 0.566. The van der Waals surface area contributed by atoms with Gasteiger partial charge in [-0.25, -0.2) is 0 Å². The first-order valence-electron chi connectivity index (χ1n) is 4.38. The Morgan fingerprint density at radius 3 is 3.08 bits per heavy atom. The third-order valence-electron chi connectivity index (χ3n) is 2.60. The summed E-state index contributed by atoms with van der Waals surface area (Å²) < 4.78 is 0. The molecule has 0 atom stereocenters. The van der Waals surface area contributed by atoms with E-state index in [1.165, 1.54) is 11.3 Å². The highest BCUT2D eigenvalue weighted by atomic mass is 16.3. The average molecular weight is 174 g/mol. The summed E-state index contributed by atoms with van der Waals surface area (Å²) in [7, 11) is 0. The van der Waals surface area contributed by atoms with Crippen molar-refractivity contribution in [3.63, 3.8) is 0 Å². The third-order valence-corrected chi connectivity index (χ3v) is 2.60. The highest BCUT2D eigenvalue weighted by Crippen LogP contribution is 2.32. The normalized spacial score (nSPS) is 15.1. The molecule has 3 heteroatoms. The van der Waals surface area contributed by atoms with E-state index in [-0.39, 0.29) is 0 Å². The van der Waals surface area contributed by atoms with Crippen LogP contribution in [0.15, 0.2) is 18.2 Å². The summed E-state index contributed by atoms with van der Waals surface area (Å²) in [6, 6.07) is 5.58. The number of hydrogen-bond donors (Lipinski definition) is 3. The molecule has 0 saturated heterocycles. The zero-order chi connectivity index (χ0) is 8.84. The first kappa shape index (κ1) is 6.97. The molecule has 0 saturated carbocycles. The molecular formula is C10H10N2O. The van der Waals surface area contributed by atoms with Gasteiger partial charge < -0.3 is 15.4 Å². The van der Waals surface area contributed by atoms with Crippen molar-refractivity contribution in [1.82, 2.24) is 10.3 Å². The molecule has 0 aliphatic carbocycles. The molecule has 0 spiro atoms. The zero-order valence-corrected chi connectivity index (χ0v) is 7.09. The summed E-state index contributed by atoms with van der Waals surface area (Å²) in [6.07, 6.45) is 0. The number of fused-ring (bicyclic) bond motifs is 3. The summed E-state index contributed by atoms with van der Waals surface area (Å²) in [5.41, 5.74) is 3.45. The van der Waals surface area contributed by atoms with E-state index >= 15 is 0 Å². The highest BCUT2D eigenvalue weighted by molar-refractivity contribution is 5.90. The van der Waals surface area contributed by atoms with Gasteiger partial charge in [-0.05, 0) is 17.7 Å². The molecule has 3 nitrogen and oxygen atoms in total. The molecule has 1 aromatic carbocycles. The van der Waals surface area contributed by atoms with Crippen molar-refractivity contribution >= 4 is 10.9 Å². The van der Waals surface area contributed by atoms with E-state index in [0.29, 0.717) is 5.75 Å². The number of H-pyrrole nitrogens is 1. The lowest BCUT2D eigenvalue weighted by molar-refractivity contribution is 0.481. The van der Waals surface area contributed by atoms with Crippen LogP contribution in [0.2, 0.25) is 0 Å². The van der Waals surface area contributed by atoms with E-state index in [2.05, 4.69) is 10.3 Å². The Morgan fingerprint density at radius 2 is 2.15 bits per heavy atom. The number of rotatable bonds is 0. The van der Waals surface area contributed by atoms with E-state index in [1.54, 1.807) is 6.07 Å². The van der Waals surface area contributed by atoms with Crippen LogP contribution in [-0.2, 0) is 13.1 Å². The molecule has 2 heterocycles. The van der Waals surface area contributed by atoms with Gasteiger partial charge >= 0.3 is 0 Å². The molecule has 2 aromatic rings. The molecule has 1 aliphatic rings. The van der Waals surface area contributed by atoms with Gasteiger partial charge in [-0.3, -0.25) is 0 Å². The summed E-state index contributed by atoms with van der Waals surface area (Å²) in [5.74, 6) is 0.374. The lowest BCUT2D eigenvalue weighted by atomic mass is 10.1. The van der Waals surface area contributed by atoms with Gasteiger partial charge in [-0.1, -0.05) is 6.07 Å². The van der Waals surface area contributed by atoms with Crippen molar-refractivity contribution in [2.75, 3.05) is 0 Å². The molecule has 66 valence electrons. The van der Waals surface area contributed by atoms with E-state index in [1.807, 2.05) is 12.1 Å². The first-order valence-corrected chi connectivity index (χ1v) is 4.38. The van der Waals surface area contributed by atoms with E-state index in [4.69, 9.17) is 0 Å². The van der Waals surface area contributed by atoms with Crippen molar-refractivity contribution in [3.05, 3.63) is 29.5 Å². The average Bonchev–Trinajstić information content (AvgIpc) is 2.62. The molecule has 1 aliphatic heterocycles. The second-order valence-electron chi connectivity index (χ2n) is 3.39. The second kappa shape index (κ2) is 2.26. The van der Waals surface area contributed by atoms with Crippen molar-refractivity contribution in [3.8, 4) is 5.75 Å². The van der Waals surface area contributed by atoms with Gasteiger partial charge in [0.15, 0.2) is 0 Å². The molecule has 3 rings (SSSR count). The highest BCUT2D eigenvalue weighted by Gasteiger charge is 2.17. The van der Waals surface area contributed by atoms with Crippen molar-refractivity contribution in [2.24, 2.45) is 0 Å². The minimum Gasteiger partial charge on any atom is -0.507 e. The Morgan fingerprint density at radius 1 is 1.23 bits per heavy atom. The van der Waals surface area contributed by atoms with Crippen LogP contribution in [0.3, 0.4) is 0 Å². The van der Waals surface area contributed by atoms with Gasteiger partial charge in [-0.2, -0.15) is 0 Å². The fourth-order valence-corrected chi connectivity index (χ4v) is 2.01. The van der Waals surface area contributed by atoms with Gasteiger partial charge in [-0.15, -0.1) is 0 Å². The van der Waals surface area contributed by atoms with Crippen LogP contribution in [0.4, 0.5) is 0 Å². The second-order valence-corrected chi connectivity index (χ2v) is 3.39. The molecule has 1 aromatic heterocycles. The maximum absolute atomic E-state index is 9.68. The molecule has 3 N–H and O–H groups in total. The minimum absolute atomic E-state index is 0.374. The fourth-order valence-electron chi connectivity index (χ4n) is 2.01. The van der Waals surface area contributed by atoms with Crippen molar-refractivity contribution < 1.29 is 5.11 Å². The predicted molar refractivity (Wildman–Crippen MR) is 50.5 cm³/mol. The Labute approximate surface area is 75.4 Å². The first-order chi connectivity index (χ1) is 6.36. The lowest BCUT2D eigenvalue weighted by Crippen LogP contribution is -2.01. The Balaban J connectivity index is 2.46. The maximum atomic E-state index is 9.68. The van der Waals surface area contributed by atoms with Gasteiger partial charge in [0.05, 0.1) is 0 Å². The molecule has 0 radical (unpaired) electrons. The zero-order valence-electron chi connectivity index (χ0n) is 7.09. The lowest BCUT2D eigenvalue weighted by Gasteiger charge is -1.96. The van der Waals surface area contributed by atoms with Crippen LogP contribution >= 0.6 is 0 Å². The Hall–Kier alpha value is -1.48. The van der Waals surface area contributed by atoms with E-state index < -0.39 is 0 Å². The van der Waals surface area contributed by atoms with Crippen LogP contribution < -0.4 is 5.32 Å². The summed E-state index contributed by atoms with van der Waals surface area (Å²) >= 11 is 0. The molecule has 13 heavy (non-hydrogen) atoms. The van der Waals surface area contributed by atoms with Gasteiger partial charge in [0.2, 0.25) is 0 Å². The summed E-state index contributed by atoms with van der Waals surface area (Å²) in [6.45, 7) is 1.73. The standard InChI is InChI=1S/C10H10N2O/c13-9-3-1-2-7-10(9)6-4-11-5-8(6)12-7/h1-3,11-13H,4-5H2. The van der Waals surface area contributed by atoms with E-state index in [9.17, 15) is 5.11 Å². The van der Waals surface area contributed by atoms with Crippen molar-refractivity contribution in [1.29, 1.82) is 0 Å². The Bertz CT molecular complexity index is 473. The molecule has 0 unspecified atom stereocenters. The van der Waals surface area contributed by atoms with Gasteiger partial charge in [0, 0.05) is 29.7 Å². The minimum atomic E-state index is 0.374. The third kappa shape index (κ3) is 0.820.